The van der Waals surface area contributed by atoms with E-state index in [2.05, 4.69) is 55.2 Å². The summed E-state index contributed by atoms with van der Waals surface area (Å²) in [5.74, 6) is 0.406. The fourth-order valence-electron chi connectivity index (χ4n) is 2.68. The van der Waals surface area contributed by atoms with Crippen molar-refractivity contribution in [2.24, 2.45) is 0 Å². The van der Waals surface area contributed by atoms with E-state index in [0.717, 1.165) is 16.8 Å². The maximum atomic E-state index is 6.14. The second kappa shape index (κ2) is 6.33. The van der Waals surface area contributed by atoms with E-state index in [-0.39, 0.29) is 0 Å². The van der Waals surface area contributed by atoms with Crippen LogP contribution in [0.3, 0.4) is 0 Å². The van der Waals surface area contributed by atoms with Gasteiger partial charge in [0.15, 0.2) is 0 Å². The Morgan fingerprint density at radius 2 is 1.64 bits per heavy atom. The molecule has 0 bridgehead atoms. The minimum absolute atomic E-state index is 0.406. The standard InChI is InChI=1S/C20H18ClN/c1-14-8-9-17(12-15(14)2)18-10-11-22-19(13-21)20(18)16-6-4-3-5-7-16/h3-12H,13H2,1-2H3. The van der Waals surface area contributed by atoms with E-state index in [9.17, 15) is 0 Å². The van der Waals surface area contributed by atoms with E-state index in [1.165, 1.54) is 22.3 Å². The van der Waals surface area contributed by atoms with Crippen LogP contribution in [0.25, 0.3) is 22.3 Å². The average Bonchev–Trinajstić information content (AvgIpc) is 2.57. The number of benzene rings is 2. The van der Waals surface area contributed by atoms with E-state index in [1.54, 1.807) is 0 Å². The van der Waals surface area contributed by atoms with Gasteiger partial charge < -0.3 is 0 Å². The topological polar surface area (TPSA) is 12.9 Å². The lowest BCUT2D eigenvalue weighted by molar-refractivity contribution is 1.17. The quantitative estimate of drug-likeness (QED) is 0.560. The van der Waals surface area contributed by atoms with Gasteiger partial charge in [-0.2, -0.15) is 0 Å². The summed E-state index contributed by atoms with van der Waals surface area (Å²) in [6.45, 7) is 4.28. The molecule has 0 spiro atoms. The van der Waals surface area contributed by atoms with Gasteiger partial charge in [0.1, 0.15) is 0 Å². The summed E-state index contributed by atoms with van der Waals surface area (Å²) in [5.41, 5.74) is 8.18. The summed E-state index contributed by atoms with van der Waals surface area (Å²) in [4.78, 5) is 4.47. The molecule has 1 aromatic heterocycles. The van der Waals surface area contributed by atoms with Crippen LogP contribution in [0.5, 0.6) is 0 Å². The maximum Gasteiger partial charge on any atom is 0.0653 e. The van der Waals surface area contributed by atoms with Crippen LogP contribution in [-0.4, -0.2) is 4.98 Å². The number of rotatable bonds is 3. The Labute approximate surface area is 136 Å². The summed E-state index contributed by atoms with van der Waals surface area (Å²) in [5, 5.41) is 0. The third-order valence-electron chi connectivity index (χ3n) is 4.04. The summed E-state index contributed by atoms with van der Waals surface area (Å²) in [7, 11) is 0. The minimum Gasteiger partial charge on any atom is -0.259 e. The van der Waals surface area contributed by atoms with Gasteiger partial charge >= 0.3 is 0 Å². The lowest BCUT2D eigenvalue weighted by Gasteiger charge is -2.14. The molecule has 22 heavy (non-hydrogen) atoms. The normalized spacial score (nSPS) is 10.7. The fourth-order valence-corrected chi connectivity index (χ4v) is 2.89. The molecule has 0 aliphatic rings. The molecule has 3 rings (SSSR count). The first-order valence-electron chi connectivity index (χ1n) is 7.37. The Balaban J connectivity index is 2.26. The van der Waals surface area contributed by atoms with Crippen LogP contribution >= 0.6 is 11.6 Å². The van der Waals surface area contributed by atoms with Crippen LogP contribution in [0.15, 0.2) is 60.8 Å². The van der Waals surface area contributed by atoms with Gasteiger partial charge in [0.05, 0.1) is 11.6 Å². The minimum atomic E-state index is 0.406. The molecule has 1 nitrogen and oxygen atoms in total. The smallest absolute Gasteiger partial charge is 0.0653 e. The molecular weight excluding hydrogens is 290 g/mol. The van der Waals surface area contributed by atoms with Gasteiger partial charge in [-0.1, -0.05) is 48.5 Å². The summed E-state index contributed by atoms with van der Waals surface area (Å²) >= 11 is 6.14. The molecule has 2 aromatic carbocycles. The molecule has 0 amide bonds. The summed E-state index contributed by atoms with van der Waals surface area (Å²) in [6.07, 6.45) is 1.84. The first kappa shape index (κ1) is 14.8. The molecule has 110 valence electrons. The highest BCUT2D eigenvalue weighted by Crippen LogP contribution is 2.35. The molecule has 2 heteroatoms. The number of nitrogens with zero attached hydrogens (tertiary/aromatic N) is 1. The van der Waals surface area contributed by atoms with E-state index in [4.69, 9.17) is 11.6 Å². The van der Waals surface area contributed by atoms with Crippen molar-refractivity contribution in [3.05, 3.63) is 77.6 Å². The van der Waals surface area contributed by atoms with Crippen molar-refractivity contribution in [2.45, 2.75) is 19.7 Å². The first-order valence-corrected chi connectivity index (χ1v) is 7.91. The monoisotopic (exact) mass is 307 g/mol. The lowest BCUT2D eigenvalue weighted by atomic mass is 9.92. The van der Waals surface area contributed by atoms with Crippen LogP contribution < -0.4 is 0 Å². The summed E-state index contributed by atoms with van der Waals surface area (Å²) in [6, 6.07) is 19.0. The van der Waals surface area contributed by atoms with Crippen LogP contribution in [0.2, 0.25) is 0 Å². The Kier molecular flexibility index (Phi) is 4.26. The zero-order valence-electron chi connectivity index (χ0n) is 12.8. The molecule has 0 N–H and O–H groups in total. The van der Waals surface area contributed by atoms with Gasteiger partial charge in [0, 0.05) is 11.8 Å². The number of hydrogen-bond donors (Lipinski definition) is 0. The molecule has 3 aromatic rings. The van der Waals surface area contributed by atoms with E-state index >= 15 is 0 Å². The molecule has 0 saturated carbocycles. The van der Waals surface area contributed by atoms with Crippen molar-refractivity contribution >= 4 is 11.6 Å². The molecule has 0 aliphatic heterocycles. The van der Waals surface area contributed by atoms with Crippen LogP contribution in [-0.2, 0) is 5.88 Å². The Morgan fingerprint density at radius 1 is 0.864 bits per heavy atom. The number of hydrogen-bond acceptors (Lipinski definition) is 1. The third kappa shape index (κ3) is 2.77. The van der Waals surface area contributed by atoms with Crippen LogP contribution in [0.4, 0.5) is 0 Å². The van der Waals surface area contributed by atoms with E-state index in [1.807, 2.05) is 24.4 Å². The molecule has 0 aliphatic carbocycles. The Morgan fingerprint density at radius 3 is 2.32 bits per heavy atom. The second-order valence-corrected chi connectivity index (χ2v) is 5.75. The van der Waals surface area contributed by atoms with Gasteiger partial charge in [0.2, 0.25) is 0 Å². The van der Waals surface area contributed by atoms with E-state index in [0.29, 0.717) is 5.88 Å². The average molecular weight is 308 g/mol. The molecular formula is C20H18ClN. The number of halogens is 1. The molecule has 0 unspecified atom stereocenters. The van der Waals surface area contributed by atoms with Gasteiger partial charge in [-0.3, -0.25) is 4.98 Å². The SMILES string of the molecule is Cc1ccc(-c2ccnc(CCl)c2-c2ccccc2)cc1C. The number of pyridine rings is 1. The highest BCUT2D eigenvalue weighted by atomic mass is 35.5. The zero-order valence-corrected chi connectivity index (χ0v) is 13.6. The highest BCUT2D eigenvalue weighted by molar-refractivity contribution is 6.17. The Hall–Kier alpha value is -2.12. The van der Waals surface area contributed by atoms with Crippen molar-refractivity contribution < 1.29 is 0 Å². The van der Waals surface area contributed by atoms with Crippen molar-refractivity contribution in [3.63, 3.8) is 0 Å². The maximum absolute atomic E-state index is 6.14. The predicted octanol–water partition coefficient (Wildman–Crippen LogP) is 5.77. The van der Waals surface area contributed by atoms with Gasteiger partial charge in [-0.05, 0) is 47.7 Å². The first-order chi connectivity index (χ1) is 10.7. The zero-order chi connectivity index (χ0) is 15.5. The second-order valence-electron chi connectivity index (χ2n) is 5.48. The van der Waals surface area contributed by atoms with Crippen molar-refractivity contribution in [2.75, 3.05) is 0 Å². The number of aromatic nitrogens is 1. The fraction of sp³-hybridized carbons (Fsp3) is 0.150. The third-order valence-corrected chi connectivity index (χ3v) is 4.29. The largest absolute Gasteiger partial charge is 0.259 e. The molecule has 0 radical (unpaired) electrons. The van der Waals surface area contributed by atoms with Crippen molar-refractivity contribution in [3.8, 4) is 22.3 Å². The van der Waals surface area contributed by atoms with Crippen molar-refractivity contribution in [1.29, 1.82) is 0 Å². The van der Waals surface area contributed by atoms with E-state index < -0.39 is 0 Å². The molecule has 1 heterocycles. The molecule has 0 atom stereocenters. The number of alkyl halides is 1. The van der Waals surface area contributed by atoms with Gasteiger partial charge in [-0.25, -0.2) is 0 Å². The Bertz CT molecular complexity index is 794. The van der Waals surface area contributed by atoms with Crippen LogP contribution in [0, 0.1) is 13.8 Å². The lowest BCUT2D eigenvalue weighted by Crippen LogP contribution is -1.95. The van der Waals surface area contributed by atoms with Crippen LogP contribution in [0.1, 0.15) is 16.8 Å². The number of aryl methyl sites for hydroxylation is 2. The molecule has 0 saturated heterocycles. The molecule has 0 fully saturated rings. The highest BCUT2D eigenvalue weighted by Gasteiger charge is 2.13. The van der Waals surface area contributed by atoms with Gasteiger partial charge in [-0.15, -0.1) is 11.6 Å². The van der Waals surface area contributed by atoms with Gasteiger partial charge in [0.25, 0.3) is 0 Å². The van der Waals surface area contributed by atoms with Crippen molar-refractivity contribution in [1.82, 2.24) is 4.98 Å². The summed E-state index contributed by atoms with van der Waals surface area (Å²) < 4.78 is 0. The predicted molar refractivity (Wildman–Crippen MR) is 94.1 cm³/mol.